The van der Waals surface area contributed by atoms with Crippen LogP contribution < -0.4 is 15.5 Å². The number of benzene rings is 2. The van der Waals surface area contributed by atoms with Crippen LogP contribution in [-0.4, -0.2) is 88.6 Å². The zero-order valence-corrected chi connectivity index (χ0v) is 35.2. The van der Waals surface area contributed by atoms with E-state index in [-0.39, 0.29) is 51.8 Å². The zero-order chi connectivity index (χ0) is 41.8. The Labute approximate surface area is 340 Å². The number of rotatable bonds is 16. The average Bonchev–Trinajstić information content (AvgIpc) is 3.36. The van der Waals surface area contributed by atoms with Crippen LogP contribution in [0.25, 0.3) is 0 Å². The maximum Gasteiger partial charge on any atom is 0.410 e. The molecule has 17 heteroatoms. The highest BCUT2D eigenvalue weighted by Crippen LogP contribution is 2.55. The normalized spacial score (nSPS) is 17.3. The van der Waals surface area contributed by atoms with Crippen molar-refractivity contribution in [3.8, 4) is 0 Å². The topological polar surface area (TPSA) is 193 Å². The molecule has 1 heterocycles. The number of amides is 4. The molecule has 4 N–H and O–H groups in total. The smallest absolute Gasteiger partial charge is 0.410 e. The van der Waals surface area contributed by atoms with Crippen molar-refractivity contribution in [3.63, 3.8) is 0 Å². The Morgan fingerprint density at radius 2 is 1.67 bits per heavy atom. The van der Waals surface area contributed by atoms with Gasteiger partial charge >= 0.3 is 19.8 Å². The number of carbonyl (C=O) groups is 4. The number of aliphatic hydroxyl groups is 2. The number of anilines is 1. The van der Waals surface area contributed by atoms with Gasteiger partial charge in [-0.3, -0.25) is 14.2 Å². The lowest BCUT2D eigenvalue weighted by Gasteiger charge is -2.38. The molecule has 0 aromatic heterocycles. The quantitative estimate of drug-likeness (QED) is 0.102. The minimum Gasteiger partial charge on any atom is -0.445 e. The Balaban J connectivity index is 1.59. The number of para-hydroxylation sites is 1. The summed E-state index contributed by atoms with van der Waals surface area (Å²) < 4.78 is 35.7. The van der Waals surface area contributed by atoms with Gasteiger partial charge in [-0.05, 0) is 76.3 Å². The first-order chi connectivity index (χ1) is 27.0. The molecule has 1 aliphatic carbocycles. The Morgan fingerprint density at radius 1 is 0.982 bits per heavy atom. The molecule has 2 aromatic carbocycles. The number of hydrogen-bond acceptors (Lipinski definition) is 11. The minimum atomic E-state index is -4.53. The Bertz CT molecular complexity index is 1730. The van der Waals surface area contributed by atoms with Crippen molar-refractivity contribution in [2.45, 2.75) is 122 Å². The van der Waals surface area contributed by atoms with E-state index in [0.717, 1.165) is 32.1 Å². The molecular weight excluding hydrogens is 779 g/mol. The predicted octanol–water partition coefficient (Wildman–Crippen LogP) is 6.86. The summed E-state index contributed by atoms with van der Waals surface area (Å²) >= 11 is 6.07. The van der Waals surface area contributed by atoms with E-state index >= 15 is 0 Å². The van der Waals surface area contributed by atoms with Crippen LogP contribution in [0.5, 0.6) is 0 Å². The van der Waals surface area contributed by atoms with Gasteiger partial charge < -0.3 is 49.2 Å². The second kappa shape index (κ2) is 20.8. The van der Waals surface area contributed by atoms with Crippen molar-refractivity contribution >= 4 is 48.9 Å². The molecule has 0 saturated heterocycles. The number of halogens is 1. The molecule has 57 heavy (non-hydrogen) atoms. The second-order valence-electron chi connectivity index (χ2n) is 15.4. The summed E-state index contributed by atoms with van der Waals surface area (Å²) in [5, 5.41) is 29.4. The molecule has 2 unspecified atom stereocenters. The lowest BCUT2D eigenvalue weighted by molar-refractivity contribution is -0.141. The number of alkyl carbamates (subject to hydrolysis) is 1. The molecule has 2 aromatic rings. The molecule has 2 aliphatic rings. The highest BCUT2D eigenvalue weighted by molar-refractivity contribution is 7.54. The van der Waals surface area contributed by atoms with Gasteiger partial charge in [-0.25, -0.2) is 9.59 Å². The lowest BCUT2D eigenvalue weighted by Crippen LogP contribution is -2.61. The SMILES string of the molecule is CCOP(=O)(OCC)C(O)C(O)(CCC(=O)N1CCN(C(=O)OC(C)(C)C)Cc2ccccc21)NC(=O)[C@H](CC1CCCCC1)NC(=O)OCc1cccc(Cl)c1. The van der Waals surface area contributed by atoms with Gasteiger partial charge in [0.05, 0.1) is 19.8 Å². The Hall–Kier alpha value is -3.72. The van der Waals surface area contributed by atoms with Crippen LogP contribution in [0.15, 0.2) is 48.5 Å². The summed E-state index contributed by atoms with van der Waals surface area (Å²) in [4.78, 5) is 57.4. The summed E-state index contributed by atoms with van der Waals surface area (Å²) in [6.45, 7) is 8.26. The van der Waals surface area contributed by atoms with E-state index in [0.29, 0.717) is 21.8 Å². The molecule has 15 nitrogen and oxygen atoms in total. The van der Waals surface area contributed by atoms with Crippen molar-refractivity contribution in [1.29, 1.82) is 0 Å². The number of nitrogens with one attached hydrogen (secondary N) is 2. The van der Waals surface area contributed by atoms with Crippen molar-refractivity contribution < 1.29 is 52.5 Å². The van der Waals surface area contributed by atoms with Crippen LogP contribution in [0, 0.1) is 5.92 Å². The minimum absolute atomic E-state index is 0.0589. The molecule has 4 amide bonds. The van der Waals surface area contributed by atoms with Gasteiger partial charge in [0, 0.05) is 36.6 Å². The van der Waals surface area contributed by atoms with Crippen LogP contribution >= 0.6 is 19.2 Å². The van der Waals surface area contributed by atoms with Crippen LogP contribution in [0.1, 0.15) is 97.1 Å². The van der Waals surface area contributed by atoms with E-state index in [1.807, 2.05) is 0 Å². The fourth-order valence-electron chi connectivity index (χ4n) is 7.01. The van der Waals surface area contributed by atoms with Crippen molar-refractivity contribution in [3.05, 3.63) is 64.7 Å². The number of fused-ring (bicyclic) bond motifs is 1. The second-order valence-corrected chi connectivity index (χ2v) is 17.9. The number of carbonyl (C=O) groups excluding carboxylic acids is 4. The number of nitrogens with zero attached hydrogens (tertiary/aromatic N) is 2. The van der Waals surface area contributed by atoms with E-state index in [1.165, 1.54) is 23.6 Å². The predicted molar refractivity (Wildman–Crippen MR) is 214 cm³/mol. The van der Waals surface area contributed by atoms with Crippen molar-refractivity contribution in [1.82, 2.24) is 15.5 Å². The van der Waals surface area contributed by atoms with E-state index < -0.39 is 67.7 Å². The van der Waals surface area contributed by atoms with Gasteiger partial charge in [0.2, 0.25) is 17.7 Å². The highest BCUT2D eigenvalue weighted by atomic mass is 35.5. The van der Waals surface area contributed by atoms with Gasteiger partial charge in [-0.15, -0.1) is 0 Å². The van der Waals surface area contributed by atoms with Crippen molar-refractivity contribution in [2.75, 3.05) is 31.2 Å². The summed E-state index contributed by atoms with van der Waals surface area (Å²) in [5.74, 6) is -3.70. The lowest BCUT2D eigenvalue weighted by atomic mass is 9.84. The van der Waals surface area contributed by atoms with Crippen LogP contribution in [0.3, 0.4) is 0 Å². The Morgan fingerprint density at radius 3 is 2.32 bits per heavy atom. The molecule has 1 aliphatic heterocycles. The van der Waals surface area contributed by atoms with Gasteiger partial charge in [-0.2, -0.15) is 0 Å². The monoisotopic (exact) mass is 836 g/mol. The molecule has 0 spiro atoms. The van der Waals surface area contributed by atoms with E-state index in [4.69, 9.17) is 30.1 Å². The van der Waals surface area contributed by atoms with Crippen LogP contribution in [0.2, 0.25) is 5.02 Å². The summed E-state index contributed by atoms with van der Waals surface area (Å²) in [7, 11) is -4.53. The van der Waals surface area contributed by atoms with E-state index in [9.17, 15) is 34.0 Å². The summed E-state index contributed by atoms with van der Waals surface area (Å²) in [5.41, 5.74) is -1.66. The summed E-state index contributed by atoms with van der Waals surface area (Å²) in [6, 6.07) is 12.6. The van der Waals surface area contributed by atoms with Gasteiger partial charge in [0.15, 0.2) is 5.72 Å². The first-order valence-corrected chi connectivity index (χ1v) is 21.6. The van der Waals surface area contributed by atoms with Gasteiger partial charge in [0.25, 0.3) is 0 Å². The Kier molecular flexibility index (Phi) is 16.8. The molecule has 1 saturated carbocycles. The molecule has 0 radical (unpaired) electrons. The zero-order valence-electron chi connectivity index (χ0n) is 33.5. The average molecular weight is 837 g/mol. The van der Waals surface area contributed by atoms with E-state index in [2.05, 4.69) is 10.6 Å². The molecule has 1 fully saturated rings. The van der Waals surface area contributed by atoms with Crippen molar-refractivity contribution in [2.24, 2.45) is 5.92 Å². The largest absolute Gasteiger partial charge is 0.445 e. The van der Waals surface area contributed by atoms with Crippen LogP contribution in [0.4, 0.5) is 15.3 Å². The maximum atomic E-state index is 14.2. The third-order valence-corrected chi connectivity index (χ3v) is 12.3. The third-order valence-electron chi connectivity index (χ3n) is 9.76. The first kappa shape index (κ1) is 46.0. The molecule has 3 atom stereocenters. The third kappa shape index (κ3) is 13.4. The van der Waals surface area contributed by atoms with Gasteiger partial charge in [0.1, 0.15) is 18.2 Å². The fourth-order valence-corrected chi connectivity index (χ4v) is 9.02. The van der Waals surface area contributed by atoms with Gasteiger partial charge in [-0.1, -0.05) is 74.0 Å². The molecular formula is C40H58ClN4O11P. The number of hydrogen-bond donors (Lipinski definition) is 4. The number of ether oxygens (including phenoxy) is 2. The standard InChI is InChI=1S/C40H58ClN4O11P/c1-6-54-57(52,55-7-2)36(48)40(51,21-20-34(46)45-23-22-44(38(50)56-39(3,4)5)26-30-17-11-12-19-33(30)45)43-35(47)32(25-28-14-9-8-10-15-28)42-37(49)53-27-29-16-13-18-31(41)24-29/h11-13,16-19,24,28,32,36,48,51H,6-10,14-15,20-23,25-27H2,1-5H3,(H,42,49)(H,43,47)/t32-,36?,40?/m0/s1. The maximum absolute atomic E-state index is 14.2. The van der Waals surface area contributed by atoms with E-state index in [1.54, 1.807) is 69.3 Å². The van der Waals surface area contributed by atoms with Crippen LogP contribution in [-0.2, 0) is 45.8 Å². The first-order valence-electron chi connectivity index (χ1n) is 19.6. The molecule has 316 valence electrons. The highest BCUT2D eigenvalue weighted by Gasteiger charge is 2.51. The summed E-state index contributed by atoms with van der Waals surface area (Å²) in [6.07, 6.45) is 2.23. The molecule has 4 rings (SSSR count). The molecule has 0 bridgehead atoms. The number of aliphatic hydroxyl groups excluding tert-OH is 1. The fraction of sp³-hybridized carbons (Fsp3) is 0.600.